The first-order valence-electron chi connectivity index (χ1n) is 8.59. The molecule has 0 spiro atoms. The highest BCUT2D eigenvalue weighted by Gasteiger charge is 2.24. The van der Waals surface area contributed by atoms with Gasteiger partial charge in [0, 0.05) is 5.56 Å². The monoisotopic (exact) mass is 394 g/mol. The summed E-state index contributed by atoms with van der Waals surface area (Å²) >= 11 is 5.89. The molecule has 1 aromatic heterocycles. The largest absolute Gasteiger partial charge is 0.383 e. The first kappa shape index (κ1) is 19.7. The Morgan fingerprint density at radius 2 is 1.64 bits per heavy atom. The first-order chi connectivity index (χ1) is 13.5. The van der Waals surface area contributed by atoms with Crippen molar-refractivity contribution in [1.82, 2.24) is 10.3 Å². The predicted molar refractivity (Wildman–Crippen MR) is 109 cm³/mol. The highest BCUT2D eigenvalue weighted by Crippen LogP contribution is 2.20. The molecule has 2 unspecified atom stereocenters. The highest BCUT2D eigenvalue weighted by atomic mass is 35.5. The van der Waals surface area contributed by atoms with E-state index in [-0.39, 0.29) is 11.0 Å². The third-order valence-electron chi connectivity index (χ3n) is 4.02. The third kappa shape index (κ3) is 5.01. The smallest absolute Gasteiger partial charge is 0.269 e. The average molecular weight is 395 g/mol. The highest BCUT2D eigenvalue weighted by molar-refractivity contribution is 6.29. The Labute approximate surface area is 167 Å². The Morgan fingerprint density at radius 3 is 2.29 bits per heavy atom. The van der Waals surface area contributed by atoms with Gasteiger partial charge in [-0.25, -0.2) is 4.98 Å². The van der Waals surface area contributed by atoms with E-state index in [0.29, 0.717) is 16.8 Å². The lowest BCUT2D eigenvalue weighted by atomic mass is 10.1. The molecule has 3 rings (SSSR count). The minimum Gasteiger partial charge on any atom is -0.383 e. The van der Waals surface area contributed by atoms with Crippen molar-refractivity contribution in [2.24, 2.45) is 10.7 Å². The number of carbonyl (C=O) groups is 1. The number of aliphatic hydroxyl groups excluding tert-OH is 1. The molecule has 2 aromatic carbocycles. The van der Waals surface area contributed by atoms with Gasteiger partial charge in [0.25, 0.3) is 5.91 Å². The van der Waals surface area contributed by atoms with Crippen LogP contribution < -0.4 is 11.1 Å². The average Bonchev–Trinajstić information content (AvgIpc) is 2.73. The van der Waals surface area contributed by atoms with Crippen molar-refractivity contribution < 1.29 is 9.90 Å². The molecule has 0 fully saturated rings. The van der Waals surface area contributed by atoms with Crippen molar-refractivity contribution in [1.29, 1.82) is 0 Å². The molecule has 0 bridgehead atoms. The van der Waals surface area contributed by atoms with Crippen LogP contribution in [0.2, 0.25) is 5.15 Å². The summed E-state index contributed by atoms with van der Waals surface area (Å²) in [5, 5.41) is 13.6. The molecule has 0 radical (unpaired) electrons. The van der Waals surface area contributed by atoms with Crippen LogP contribution >= 0.6 is 11.6 Å². The Balaban J connectivity index is 1.88. The van der Waals surface area contributed by atoms with E-state index in [4.69, 9.17) is 17.3 Å². The molecular formula is C21H19ClN4O2. The molecule has 0 saturated heterocycles. The molecule has 1 heterocycles. The van der Waals surface area contributed by atoms with Gasteiger partial charge in [-0.2, -0.15) is 4.99 Å². The molecule has 7 heteroatoms. The number of hydrogen-bond acceptors (Lipinski definition) is 4. The van der Waals surface area contributed by atoms with Crippen molar-refractivity contribution >= 4 is 23.3 Å². The fraction of sp³-hybridized carbons (Fsp3) is 0.0952. The lowest BCUT2D eigenvalue weighted by Crippen LogP contribution is -2.33. The van der Waals surface area contributed by atoms with Crippen molar-refractivity contribution in [2.45, 2.75) is 12.3 Å². The Hall–Kier alpha value is -3.06. The maximum absolute atomic E-state index is 12.9. The number of aliphatic imine (C=N–C) groups is 1. The van der Waals surface area contributed by atoms with Gasteiger partial charge >= 0.3 is 0 Å². The van der Waals surface area contributed by atoms with Crippen LogP contribution in [-0.2, 0) is 4.79 Å². The van der Waals surface area contributed by atoms with Crippen LogP contribution in [0.5, 0.6) is 0 Å². The van der Waals surface area contributed by atoms with E-state index in [9.17, 15) is 9.90 Å². The zero-order valence-corrected chi connectivity index (χ0v) is 15.6. The molecule has 1 amide bonds. The van der Waals surface area contributed by atoms with Gasteiger partial charge in [-0.05, 0) is 17.7 Å². The maximum atomic E-state index is 12.9. The van der Waals surface area contributed by atoms with E-state index in [1.54, 1.807) is 54.6 Å². The van der Waals surface area contributed by atoms with E-state index in [2.05, 4.69) is 15.3 Å². The van der Waals surface area contributed by atoms with Crippen LogP contribution in [0.4, 0.5) is 0 Å². The summed E-state index contributed by atoms with van der Waals surface area (Å²) in [7, 11) is 0. The van der Waals surface area contributed by atoms with Crippen molar-refractivity contribution in [2.75, 3.05) is 0 Å². The molecule has 28 heavy (non-hydrogen) atoms. The number of carbonyl (C=O) groups excluding carboxylic acids is 1. The molecule has 0 saturated carbocycles. The van der Waals surface area contributed by atoms with E-state index in [0.717, 1.165) is 0 Å². The SMILES string of the molecule is NC(=NC(=O)C(NC(O)c1cccc(Cl)n1)c1ccccc1)c1ccccc1. The number of nitrogens with one attached hydrogen (secondary N) is 1. The van der Waals surface area contributed by atoms with Crippen LogP contribution in [0.25, 0.3) is 0 Å². The number of nitrogens with two attached hydrogens (primary N) is 1. The predicted octanol–water partition coefficient (Wildman–Crippen LogP) is 2.99. The van der Waals surface area contributed by atoms with Gasteiger partial charge in [-0.3, -0.25) is 10.1 Å². The van der Waals surface area contributed by atoms with Gasteiger partial charge in [0.15, 0.2) is 0 Å². The van der Waals surface area contributed by atoms with Crippen LogP contribution in [0.3, 0.4) is 0 Å². The van der Waals surface area contributed by atoms with Crippen molar-refractivity contribution in [3.8, 4) is 0 Å². The second-order valence-corrected chi connectivity index (χ2v) is 6.39. The van der Waals surface area contributed by atoms with Gasteiger partial charge < -0.3 is 10.8 Å². The topological polar surface area (TPSA) is 101 Å². The number of aromatic nitrogens is 1. The van der Waals surface area contributed by atoms with Gasteiger partial charge in [0.05, 0.1) is 5.69 Å². The van der Waals surface area contributed by atoms with Crippen LogP contribution in [0.15, 0.2) is 83.9 Å². The summed E-state index contributed by atoms with van der Waals surface area (Å²) in [6.45, 7) is 0. The normalized spacial score (nSPS) is 13.7. The first-order valence-corrected chi connectivity index (χ1v) is 8.97. The van der Waals surface area contributed by atoms with E-state index >= 15 is 0 Å². The van der Waals surface area contributed by atoms with Gasteiger partial charge in [0.1, 0.15) is 23.3 Å². The Morgan fingerprint density at radius 1 is 1.00 bits per heavy atom. The number of halogens is 1. The lowest BCUT2D eigenvalue weighted by molar-refractivity contribution is -0.121. The van der Waals surface area contributed by atoms with E-state index in [1.807, 2.05) is 24.3 Å². The van der Waals surface area contributed by atoms with E-state index in [1.165, 1.54) is 0 Å². The van der Waals surface area contributed by atoms with E-state index < -0.39 is 18.2 Å². The molecule has 2 atom stereocenters. The fourth-order valence-electron chi connectivity index (χ4n) is 2.63. The summed E-state index contributed by atoms with van der Waals surface area (Å²) < 4.78 is 0. The van der Waals surface area contributed by atoms with Crippen LogP contribution in [0.1, 0.15) is 29.1 Å². The molecule has 142 valence electrons. The molecule has 4 N–H and O–H groups in total. The molecule has 6 nitrogen and oxygen atoms in total. The number of rotatable bonds is 6. The number of amides is 1. The summed E-state index contributed by atoms with van der Waals surface area (Å²) in [6.07, 6.45) is -1.22. The second-order valence-electron chi connectivity index (χ2n) is 6.00. The number of benzene rings is 2. The van der Waals surface area contributed by atoms with Gasteiger partial charge in [-0.15, -0.1) is 0 Å². The zero-order valence-electron chi connectivity index (χ0n) is 14.9. The molecular weight excluding hydrogens is 376 g/mol. The lowest BCUT2D eigenvalue weighted by Gasteiger charge is -2.20. The van der Waals surface area contributed by atoms with Crippen molar-refractivity contribution in [3.63, 3.8) is 0 Å². The zero-order chi connectivity index (χ0) is 19.9. The number of pyridine rings is 1. The van der Waals surface area contributed by atoms with Crippen LogP contribution in [-0.4, -0.2) is 21.8 Å². The van der Waals surface area contributed by atoms with Crippen LogP contribution in [0, 0.1) is 0 Å². The summed E-state index contributed by atoms with van der Waals surface area (Å²) in [5.41, 5.74) is 7.55. The molecule has 0 aliphatic rings. The Bertz CT molecular complexity index is 964. The minimum absolute atomic E-state index is 0.101. The quantitative estimate of drug-likeness (QED) is 0.258. The third-order valence-corrected chi connectivity index (χ3v) is 4.23. The number of nitrogens with zero attached hydrogens (tertiary/aromatic N) is 2. The maximum Gasteiger partial charge on any atom is 0.269 e. The van der Waals surface area contributed by atoms with Gasteiger partial charge in [0.2, 0.25) is 0 Å². The Kier molecular flexibility index (Phi) is 6.49. The standard InChI is InChI=1S/C21H19ClN4O2/c22-17-13-7-12-16(24-17)20(27)25-18(14-8-3-1-4-9-14)21(28)26-19(23)15-10-5-2-6-11-15/h1-13,18,20,25,27H,(H2,23,26,28). The molecule has 3 aromatic rings. The number of hydrogen-bond donors (Lipinski definition) is 3. The minimum atomic E-state index is -1.22. The van der Waals surface area contributed by atoms with Gasteiger partial charge in [-0.1, -0.05) is 78.3 Å². The fourth-order valence-corrected chi connectivity index (χ4v) is 2.80. The summed E-state index contributed by atoms with van der Waals surface area (Å²) in [4.78, 5) is 21.0. The second kappa shape index (κ2) is 9.23. The molecule has 0 aliphatic heterocycles. The summed E-state index contributed by atoms with van der Waals surface area (Å²) in [5.74, 6) is -0.433. The summed E-state index contributed by atoms with van der Waals surface area (Å²) in [6, 6.07) is 21.9. The molecule has 0 aliphatic carbocycles. The number of aliphatic hydroxyl groups is 1. The number of amidine groups is 1. The van der Waals surface area contributed by atoms with Crippen molar-refractivity contribution in [3.05, 3.63) is 101 Å².